The quantitative estimate of drug-likeness (QED) is 0.534. The molecule has 0 amide bonds. The SMILES string of the molecule is Cc1ccc(-n2c(Cl)cc3[nH]c(=O)c(-c4ccccc4F)c(O)c32)cc1. The summed E-state index contributed by atoms with van der Waals surface area (Å²) in [4.78, 5) is 15.2. The van der Waals surface area contributed by atoms with Crippen LogP contribution in [0.15, 0.2) is 59.4 Å². The molecule has 4 nitrogen and oxygen atoms in total. The van der Waals surface area contributed by atoms with Gasteiger partial charge in [-0.05, 0) is 31.2 Å². The van der Waals surface area contributed by atoms with Gasteiger partial charge in [-0.15, -0.1) is 0 Å². The molecule has 6 heteroatoms. The summed E-state index contributed by atoms with van der Waals surface area (Å²) >= 11 is 6.35. The molecule has 4 rings (SSSR count). The molecule has 2 aromatic carbocycles. The Morgan fingerprint density at radius 1 is 1.12 bits per heavy atom. The highest BCUT2D eigenvalue weighted by Gasteiger charge is 2.21. The molecule has 0 atom stereocenters. The Hall–Kier alpha value is -3.05. The molecule has 0 aliphatic carbocycles. The predicted octanol–water partition coefficient (Wildman–Crippen LogP) is 4.79. The van der Waals surface area contributed by atoms with E-state index in [-0.39, 0.29) is 16.9 Å². The molecule has 2 heterocycles. The molecule has 2 aromatic heterocycles. The second kappa shape index (κ2) is 6.04. The molecule has 0 fully saturated rings. The van der Waals surface area contributed by atoms with E-state index in [0.29, 0.717) is 16.2 Å². The lowest BCUT2D eigenvalue weighted by atomic mass is 10.1. The van der Waals surface area contributed by atoms with Crippen molar-refractivity contribution >= 4 is 22.6 Å². The third kappa shape index (κ3) is 2.48. The predicted molar refractivity (Wildman–Crippen MR) is 101 cm³/mol. The largest absolute Gasteiger partial charge is 0.505 e. The molecule has 4 aromatic rings. The zero-order chi connectivity index (χ0) is 18.4. The number of pyridine rings is 1. The number of aryl methyl sites for hydroxylation is 1. The molecule has 0 aliphatic rings. The summed E-state index contributed by atoms with van der Waals surface area (Å²) in [6.45, 7) is 1.96. The van der Waals surface area contributed by atoms with Gasteiger partial charge in [-0.25, -0.2) is 4.39 Å². The van der Waals surface area contributed by atoms with Crippen LogP contribution in [0.2, 0.25) is 5.15 Å². The number of aromatic nitrogens is 2. The minimum absolute atomic E-state index is 0.0286. The first-order valence-electron chi connectivity index (χ1n) is 7.95. The smallest absolute Gasteiger partial charge is 0.260 e. The van der Waals surface area contributed by atoms with Gasteiger partial charge in [0.2, 0.25) is 0 Å². The fourth-order valence-corrected chi connectivity index (χ4v) is 3.37. The van der Waals surface area contributed by atoms with Gasteiger partial charge >= 0.3 is 0 Å². The number of halogens is 2. The molecule has 0 bridgehead atoms. The second-order valence-electron chi connectivity index (χ2n) is 6.06. The summed E-state index contributed by atoms with van der Waals surface area (Å²) in [5.41, 5.74) is 1.80. The molecule has 0 spiro atoms. The zero-order valence-electron chi connectivity index (χ0n) is 13.8. The van der Waals surface area contributed by atoms with Gasteiger partial charge in [0, 0.05) is 11.3 Å². The fourth-order valence-electron chi connectivity index (χ4n) is 3.08. The highest BCUT2D eigenvalue weighted by molar-refractivity contribution is 6.31. The van der Waals surface area contributed by atoms with Gasteiger partial charge in [-0.1, -0.05) is 47.5 Å². The van der Waals surface area contributed by atoms with Crippen molar-refractivity contribution in [2.24, 2.45) is 0 Å². The fraction of sp³-hybridized carbons (Fsp3) is 0.0500. The molecule has 0 saturated carbocycles. The van der Waals surface area contributed by atoms with E-state index in [1.807, 2.05) is 31.2 Å². The number of benzene rings is 2. The Morgan fingerprint density at radius 3 is 2.50 bits per heavy atom. The van der Waals surface area contributed by atoms with Crippen LogP contribution in [0.3, 0.4) is 0 Å². The van der Waals surface area contributed by atoms with E-state index in [0.717, 1.165) is 11.3 Å². The van der Waals surface area contributed by atoms with Crippen LogP contribution in [0.4, 0.5) is 4.39 Å². The van der Waals surface area contributed by atoms with E-state index in [2.05, 4.69) is 4.98 Å². The van der Waals surface area contributed by atoms with Crippen molar-refractivity contribution in [2.45, 2.75) is 6.92 Å². The van der Waals surface area contributed by atoms with Gasteiger partial charge in [0.1, 0.15) is 16.5 Å². The van der Waals surface area contributed by atoms with Crippen molar-refractivity contribution in [2.75, 3.05) is 0 Å². The maximum absolute atomic E-state index is 14.2. The van der Waals surface area contributed by atoms with Crippen LogP contribution in [0.25, 0.3) is 27.8 Å². The third-order valence-corrected chi connectivity index (χ3v) is 4.61. The van der Waals surface area contributed by atoms with Crippen LogP contribution in [-0.2, 0) is 0 Å². The first kappa shape index (κ1) is 16.4. The summed E-state index contributed by atoms with van der Waals surface area (Å²) < 4.78 is 15.8. The van der Waals surface area contributed by atoms with Crippen molar-refractivity contribution in [3.63, 3.8) is 0 Å². The topological polar surface area (TPSA) is 58.0 Å². The number of nitrogens with zero attached hydrogens (tertiary/aromatic N) is 1. The Morgan fingerprint density at radius 2 is 1.81 bits per heavy atom. The van der Waals surface area contributed by atoms with Crippen molar-refractivity contribution in [1.29, 1.82) is 0 Å². The number of rotatable bonds is 2. The summed E-state index contributed by atoms with van der Waals surface area (Å²) in [6, 6.07) is 14.9. The average Bonchev–Trinajstić information content (AvgIpc) is 2.93. The highest BCUT2D eigenvalue weighted by Crippen LogP contribution is 2.37. The standard InChI is InChI=1S/C20H14ClFN2O2/c1-11-6-8-12(9-7-11)24-16(21)10-15-18(24)19(25)17(20(26)23-15)13-4-2-3-5-14(13)22/h2-10H,1H3,(H2,23,25,26). The van der Waals surface area contributed by atoms with Crippen molar-refractivity contribution in [1.82, 2.24) is 9.55 Å². The minimum atomic E-state index is -0.591. The van der Waals surface area contributed by atoms with Crippen LogP contribution >= 0.6 is 11.6 Å². The first-order chi connectivity index (χ1) is 12.5. The Labute approximate surface area is 153 Å². The second-order valence-corrected chi connectivity index (χ2v) is 6.45. The first-order valence-corrected chi connectivity index (χ1v) is 8.33. The van der Waals surface area contributed by atoms with E-state index in [9.17, 15) is 14.3 Å². The Bertz CT molecular complexity index is 1190. The summed E-state index contributed by atoms with van der Waals surface area (Å²) in [5, 5.41) is 11.2. The van der Waals surface area contributed by atoms with E-state index in [1.54, 1.807) is 16.7 Å². The van der Waals surface area contributed by atoms with Gasteiger partial charge in [-0.2, -0.15) is 0 Å². The summed E-state index contributed by atoms with van der Waals surface area (Å²) in [7, 11) is 0. The van der Waals surface area contributed by atoms with Crippen molar-refractivity contribution in [3.05, 3.63) is 81.5 Å². The lowest BCUT2D eigenvalue weighted by molar-refractivity contribution is 0.480. The van der Waals surface area contributed by atoms with E-state index in [1.165, 1.54) is 18.2 Å². The van der Waals surface area contributed by atoms with Gasteiger partial charge in [0.25, 0.3) is 5.56 Å². The molecule has 130 valence electrons. The van der Waals surface area contributed by atoms with Crippen LogP contribution in [0.5, 0.6) is 5.75 Å². The van der Waals surface area contributed by atoms with Crippen molar-refractivity contribution in [3.8, 4) is 22.6 Å². The summed E-state index contributed by atoms with van der Waals surface area (Å²) in [6.07, 6.45) is 0. The molecule has 0 unspecified atom stereocenters. The molecule has 2 N–H and O–H groups in total. The lowest BCUT2D eigenvalue weighted by Crippen LogP contribution is -2.10. The monoisotopic (exact) mass is 368 g/mol. The Kier molecular flexibility index (Phi) is 3.81. The number of aromatic hydroxyl groups is 1. The number of aromatic amines is 1. The Balaban J connectivity index is 2.09. The lowest BCUT2D eigenvalue weighted by Gasteiger charge is -2.11. The van der Waals surface area contributed by atoms with Crippen LogP contribution in [0.1, 0.15) is 5.56 Å². The number of H-pyrrole nitrogens is 1. The highest BCUT2D eigenvalue weighted by atomic mass is 35.5. The van der Waals surface area contributed by atoms with E-state index >= 15 is 0 Å². The number of fused-ring (bicyclic) bond motifs is 1. The molecular formula is C20H14ClFN2O2. The molecule has 0 aliphatic heterocycles. The van der Waals surface area contributed by atoms with Crippen molar-refractivity contribution < 1.29 is 9.50 Å². The number of hydrogen-bond donors (Lipinski definition) is 2. The number of hydrogen-bond acceptors (Lipinski definition) is 2. The maximum Gasteiger partial charge on any atom is 0.260 e. The average molecular weight is 369 g/mol. The van der Waals surface area contributed by atoms with Crippen LogP contribution in [-0.4, -0.2) is 14.7 Å². The number of nitrogens with one attached hydrogen (secondary N) is 1. The van der Waals surface area contributed by atoms with E-state index < -0.39 is 11.4 Å². The molecular weight excluding hydrogens is 355 g/mol. The van der Waals surface area contributed by atoms with Gasteiger partial charge in [0.05, 0.1) is 11.1 Å². The molecule has 0 saturated heterocycles. The molecule has 26 heavy (non-hydrogen) atoms. The summed E-state index contributed by atoms with van der Waals surface area (Å²) in [5.74, 6) is -0.909. The van der Waals surface area contributed by atoms with Gasteiger partial charge in [-0.3, -0.25) is 9.36 Å². The third-order valence-electron chi connectivity index (χ3n) is 4.33. The minimum Gasteiger partial charge on any atom is -0.505 e. The van der Waals surface area contributed by atoms with E-state index in [4.69, 9.17) is 11.6 Å². The normalized spacial score (nSPS) is 11.2. The van der Waals surface area contributed by atoms with Gasteiger partial charge < -0.3 is 10.1 Å². The maximum atomic E-state index is 14.2. The van der Waals surface area contributed by atoms with Gasteiger partial charge in [0.15, 0.2) is 5.75 Å². The zero-order valence-corrected chi connectivity index (χ0v) is 14.5. The molecule has 0 radical (unpaired) electrons. The van der Waals surface area contributed by atoms with Crippen LogP contribution in [0, 0.1) is 12.7 Å². The van der Waals surface area contributed by atoms with Crippen LogP contribution < -0.4 is 5.56 Å².